The second kappa shape index (κ2) is 6.48. The van der Waals surface area contributed by atoms with Gasteiger partial charge in [-0.15, -0.1) is 0 Å². The Morgan fingerprint density at radius 1 is 1.38 bits per heavy atom. The van der Waals surface area contributed by atoms with Crippen LogP contribution in [-0.2, 0) is 22.4 Å². The highest BCUT2D eigenvalue weighted by molar-refractivity contribution is 5.80. The van der Waals surface area contributed by atoms with Crippen molar-refractivity contribution in [2.45, 2.75) is 51.2 Å². The quantitative estimate of drug-likeness (QED) is 0.818. The highest BCUT2D eigenvalue weighted by Gasteiger charge is 2.34. The zero-order valence-electron chi connectivity index (χ0n) is 13.4. The van der Waals surface area contributed by atoms with Gasteiger partial charge in [-0.3, -0.25) is 4.79 Å². The van der Waals surface area contributed by atoms with E-state index in [2.05, 4.69) is 17.4 Å². The van der Waals surface area contributed by atoms with E-state index in [-0.39, 0.29) is 12.1 Å². The lowest BCUT2D eigenvalue weighted by atomic mass is 9.95. The first-order valence-electron chi connectivity index (χ1n) is 7.54. The van der Waals surface area contributed by atoms with Crippen LogP contribution in [0.3, 0.4) is 0 Å². The summed E-state index contributed by atoms with van der Waals surface area (Å²) in [6, 6.07) is 6.31. The Morgan fingerprint density at radius 2 is 2.10 bits per heavy atom. The highest BCUT2D eigenvalue weighted by atomic mass is 16.5. The number of benzene rings is 1. The summed E-state index contributed by atoms with van der Waals surface area (Å²) in [6.07, 6.45) is 4.01. The van der Waals surface area contributed by atoms with E-state index in [1.165, 1.54) is 31.1 Å². The zero-order valence-corrected chi connectivity index (χ0v) is 13.4. The minimum atomic E-state index is -0.731. The van der Waals surface area contributed by atoms with E-state index in [0.29, 0.717) is 6.42 Å². The summed E-state index contributed by atoms with van der Waals surface area (Å²) in [4.78, 5) is 11.9. The zero-order chi connectivity index (χ0) is 15.5. The Labute approximate surface area is 126 Å². The Balaban J connectivity index is 2.01. The van der Waals surface area contributed by atoms with E-state index >= 15 is 0 Å². The maximum Gasteiger partial charge on any atom is 0.325 e. The van der Waals surface area contributed by atoms with Crippen LogP contribution in [-0.4, -0.2) is 31.8 Å². The van der Waals surface area contributed by atoms with Gasteiger partial charge in [0.25, 0.3) is 0 Å². The van der Waals surface area contributed by atoms with Gasteiger partial charge in [-0.1, -0.05) is 6.07 Å². The maximum absolute atomic E-state index is 11.9. The number of esters is 1. The van der Waals surface area contributed by atoms with E-state index in [1.807, 2.05) is 19.9 Å². The van der Waals surface area contributed by atoms with Gasteiger partial charge in [0.15, 0.2) is 0 Å². The first kappa shape index (κ1) is 15.8. The van der Waals surface area contributed by atoms with Gasteiger partial charge in [0.1, 0.15) is 11.3 Å². The molecule has 0 heterocycles. The third kappa shape index (κ3) is 3.56. The predicted octanol–water partition coefficient (Wildman–Crippen LogP) is 2.48. The number of ether oxygens (including phenoxy) is 2. The van der Waals surface area contributed by atoms with Gasteiger partial charge in [0, 0.05) is 6.42 Å². The van der Waals surface area contributed by atoms with Gasteiger partial charge < -0.3 is 14.8 Å². The molecule has 0 amide bonds. The van der Waals surface area contributed by atoms with Crippen molar-refractivity contribution in [2.75, 3.05) is 14.2 Å². The second-order valence-electron chi connectivity index (χ2n) is 5.99. The van der Waals surface area contributed by atoms with Gasteiger partial charge >= 0.3 is 5.97 Å². The fourth-order valence-electron chi connectivity index (χ4n) is 2.98. The fourth-order valence-corrected chi connectivity index (χ4v) is 2.98. The molecule has 1 N–H and O–H groups in total. The Kier molecular flexibility index (Phi) is 4.88. The van der Waals surface area contributed by atoms with E-state index < -0.39 is 5.54 Å². The molecule has 1 aromatic carbocycles. The smallest absolute Gasteiger partial charge is 0.325 e. The lowest BCUT2D eigenvalue weighted by Crippen LogP contribution is -2.50. The van der Waals surface area contributed by atoms with E-state index in [4.69, 9.17) is 9.47 Å². The molecule has 0 fully saturated rings. The molecule has 1 aromatic rings. The van der Waals surface area contributed by atoms with Crippen LogP contribution in [0, 0.1) is 0 Å². The molecule has 2 atom stereocenters. The van der Waals surface area contributed by atoms with Crippen LogP contribution in [0.5, 0.6) is 5.75 Å². The Hall–Kier alpha value is -1.55. The normalized spacial score (nSPS) is 17.7. The van der Waals surface area contributed by atoms with Crippen LogP contribution in [0.25, 0.3) is 0 Å². The number of methoxy groups -OCH3 is 1. The third-order valence-electron chi connectivity index (χ3n) is 4.29. The first-order chi connectivity index (χ1) is 9.98. The summed E-state index contributed by atoms with van der Waals surface area (Å²) >= 11 is 0. The molecule has 21 heavy (non-hydrogen) atoms. The molecule has 2 unspecified atom stereocenters. The van der Waals surface area contributed by atoms with Crippen molar-refractivity contribution in [1.82, 2.24) is 5.32 Å². The molecule has 0 bridgehead atoms. The SMILES string of the molecule is CNC(C)(CC(C)Oc1ccc2c(c1)CCC2)C(=O)OC. The van der Waals surface area contributed by atoms with Gasteiger partial charge in [-0.2, -0.15) is 0 Å². The number of carbonyl (C=O) groups excluding carboxylic acids is 1. The van der Waals surface area contributed by atoms with E-state index in [9.17, 15) is 4.79 Å². The van der Waals surface area contributed by atoms with Gasteiger partial charge in [0.05, 0.1) is 13.2 Å². The fraction of sp³-hybridized carbons (Fsp3) is 0.588. The minimum absolute atomic E-state index is 0.0824. The lowest BCUT2D eigenvalue weighted by molar-refractivity contribution is -0.148. The Bertz CT molecular complexity index is 515. The molecule has 0 spiro atoms. The van der Waals surface area contributed by atoms with Crippen LogP contribution < -0.4 is 10.1 Å². The number of likely N-dealkylation sites (N-methyl/N-ethyl adjacent to an activating group) is 1. The summed E-state index contributed by atoms with van der Waals surface area (Å²) in [7, 11) is 3.17. The average Bonchev–Trinajstić information content (AvgIpc) is 2.93. The molecular formula is C17H25NO3. The van der Waals surface area contributed by atoms with E-state index in [0.717, 1.165) is 12.2 Å². The third-order valence-corrected chi connectivity index (χ3v) is 4.29. The number of aryl methyl sites for hydroxylation is 2. The van der Waals surface area contributed by atoms with Gasteiger partial charge in [-0.05, 0) is 63.4 Å². The number of nitrogens with one attached hydrogen (secondary N) is 1. The van der Waals surface area contributed by atoms with Crippen LogP contribution in [0.15, 0.2) is 18.2 Å². The molecule has 2 rings (SSSR count). The molecule has 116 valence electrons. The lowest BCUT2D eigenvalue weighted by Gasteiger charge is -2.29. The van der Waals surface area contributed by atoms with Crippen molar-refractivity contribution in [3.05, 3.63) is 29.3 Å². The molecule has 0 aromatic heterocycles. The van der Waals surface area contributed by atoms with Crippen molar-refractivity contribution in [2.24, 2.45) is 0 Å². The summed E-state index contributed by atoms with van der Waals surface area (Å²) < 4.78 is 10.8. The number of carbonyl (C=O) groups is 1. The summed E-state index contributed by atoms with van der Waals surface area (Å²) in [5, 5.41) is 3.03. The molecule has 4 nitrogen and oxygen atoms in total. The Morgan fingerprint density at radius 3 is 2.76 bits per heavy atom. The molecule has 0 aliphatic heterocycles. The van der Waals surface area contributed by atoms with Gasteiger partial charge in [-0.25, -0.2) is 0 Å². The average molecular weight is 291 g/mol. The summed E-state index contributed by atoms with van der Waals surface area (Å²) in [6.45, 7) is 3.81. The van der Waals surface area contributed by atoms with Crippen molar-refractivity contribution < 1.29 is 14.3 Å². The van der Waals surface area contributed by atoms with Crippen molar-refractivity contribution >= 4 is 5.97 Å². The molecular weight excluding hydrogens is 266 g/mol. The standard InChI is InChI=1S/C17H25NO3/c1-12(11-17(2,18-3)16(19)20-4)21-15-9-8-13-6-5-7-14(13)10-15/h8-10,12,18H,5-7,11H2,1-4H3. The maximum atomic E-state index is 11.9. The molecule has 1 aliphatic carbocycles. The van der Waals surface area contributed by atoms with Gasteiger partial charge in [0.2, 0.25) is 0 Å². The number of hydrogen-bond donors (Lipinski definition) is 1. The molecule has 0 saturated carbocycles. The van der Waals surface area contributed by atoms with E-state index in [1.54, 1.807) is 7.05 Å². The summed E-state index contributed by atoms with van der Waals surface area (Å²) in [5.41, 5.74) is 2.10. The number of hydrogen-bond acceptors (Lipinski definition) is 4. The predicted molar refractivity (Wildman–Crippen MR) is 82.7 cm³/mol. The van der Waals surface area contributed by atoms with Crippen molar-refractivity contribution in [1.29, 1.82) is 0 Å². The first-order valence-corrected chi connectivity index (χ1v) is 7.54. The molecule has 0 radical (unpaired) electrons. The van der Waals surface area contributed by atoms with Crippen LogP contribution >= 0.6 is 0 Å². The molecule has 0 saturated heterocycles. The topological polar surface area (TPSA) is 47.6 Å². The molecule has 1 aliphatic rings. The number of rotatable bonds is 6. The van der Waals surface area contributed by atoms with Crippen molar-refractivity contribution in [3.63, 3.8) is 0 Å². The second-order valence-corrected chi connectivity index (χ2v) is 5.99. The molecule has 4 heteroatoms. The monoisotopic (exact) mass is 291 g/mol. The van der Waals surface area contributed by atoms with Crippen LogP contribution in [0.1, 0.15) is 37.8 Å². The van der Waals surface area contributed by atoms with Crippen LogP contribution in [0.4, 0.5) is 0 Å². The van der Waals surface area contributed by atoms with Crippen LogP contribution in [0.2, 0.25) is 0 Å². The summed E-state index contributed by atoms with van der Waals surface area (Å²) in [5.74, 6) is 0.612. The largest absolute Gasteiger partial charge is 0.491 e. The number of fused-ring (bicyclic) bond motifs is 1. The highest BCUT2D eigenvalue weighted by Crippen LogP contribution is 2.27. The van der Waals surface area contributed by atoms with Crippen molar-refractivity contribution in [3.8, 4) is 5.75 Å². The minimum Gasteiger partial charge on any atom is -0.491 e.